The average Bonchev–Trinajstić information content (AvgIpc) is 2.04. The quantitative estimate of drug-likeness (QED) is 0.489. The van der Waals surface area contributed by atoms with Crippen molar-refractivity contribution in [3.63, 3.8) is 0 Å². The van der Waals surface area contributed by atoms with Crippen molar-refractivity contribution in [3.8, 4) is 0 Å². The van der Waals surface area contributed by atoms with Gasteiger partial charge in [0.05, 0.1) is 11.7 Å². The number of halogens is 1. The average molecular weight is 155 g/mol. The van der Waals surface area contributed by atoms with E-state index >= 15 is 0 Å². The van der Waals surface area contributed by atoms with Crippen LogP contribution in [0.5, 0.6) is 0 Å². The summed E-state index contributed by atoms with van der Waals surface area (Å²) >= 11 is 0. The van der Waals surface area contributed by atoms with Crippen LogP contribution in [0.25, 0.3) is 0 Å². The normalized spacial score (nSPS) is 13.0. The smallest absolute Gasteiger partial charge is 0.146 e. The van der Waals surface area contributed by atoms with Crippen molar-refractivity contribution in [2.75, 3.05) is 0 Å². The summed E-state index contributed by atoms with van der Waals surface area (Å²) in [5.41, 5.74) is 2.76. The van der Waals surface area contributed by atoms with E-state index in [-0.39, 0.29) is 11.9 Å². The van der Waals surface area contributed by atoms with Gasteiger partial charge < -0.3 is 0 Å². The number of rotatable bonds is 2. The number of hydrazine groups is 1. The SMILES string of the molecule is CC(NN)c1ncccc1F. The summed E-state index contributed by atoms with van der Waals surface area (Å²) in [6.45, 7) is 1.74. The Morgan fingerprint density at radius 3 is 3.00 bits per heavy atom. The predicted octanol–water partition coefficient (Wildman–Crippen LogP) is 0.745. The fourth-order valence-corrected chi connectivity index (χ4v) is 0.795. The molecule has 3 nitrogen and oxygen atoms in total. The molecule has 1 atom stereocenters. The van der Waals surface area contributed by atoms with Crippen molar-refractivity contribution in [1.82, 2.24) is 10.4 Å². The van der Waals surface area contributed by atoms with Crippen LogP contribution >= 0.6 is 0 Å². The fourth-order valence-electron chi connectivity index (χ4n) is 0.795. The summed E-state index contributed by atoms with van der Waals surface area (Å²) in [7, 11) is 0. The van der Waals surface area contributed by atoms with Gasteiger partial charge in [-0.2, -0.15) is 0 Å². The van der Waals surface area contributed by atoms with Crippen LogP contribution in [-0.4, -0.2) is 4.98 Å². The van der Waals surface area contributed by atoms with Crippen molar-refractivity contribution in [2.45, 2.75) is 13.0 Å². The molecule has 0 bridgehead atoms. The number of hydrogen-bond donors (Lipinski definition) is 2. The highest BCUT2D eigenvalue weighted by Crippen LogP contribution is 2.10. The lowest BCUT2D eigenvalue weighted by Crippen LogP contribution is -2.27. The molecule has 11 heavy (non-hydrogen) atoms. The Labute approximate surface area is 64.4 Å². The van der Waals surface area contributed by atoms with E-state index in [2.05, 4.69) is 10.4 Å². The standard InChI is InChI=1S/C7H10FN3/c1-5(11-9)7-6(8)3-2-4-10-7/h2-5,11H,9H2,1H3. The van der Waals surface area contributed by atoms with Gasteiger partial charge in [0.1, 0.15) is 5.82 Å². The molecular formula is C7H10FN3. The van der Waals surface area contributed by atoms with Gasteiger partial charge in [0.15, 0.2) is 0 Å². The minimum atomic E-state index is -0.335. The second-order valence-corrected chi connectivity index (χ2v) is 2.26. The van der Waals surface area contributed by atoms with Crippen LogP contribution in [0.4, 0.5) is 4.39 Å². The summed E-state index contributed by atoms with van der Waals surface area (Å²) in [6.07, 6.45) is 1.53. The van der Waals surface area contributed by atoms with Gasteiger partial charge in [0.2, 0.25) is 0 Å². The van der Waals surface area contributed by atoms with Crippen molar-refractivity contribution in [2.24, 2.45) is 5.84 Å². The Morgan fingerprint density at radius 2 is 2.45 bits per heavy atom. The molecule has 1 aromatic rings. The molecule has 0 saturated carbocycles. The van der Waals surface area contributed by atoms with Crippen molar-refractivity contribution >= 4 is 0 Å². The number of pyridine rings is 1. The number of nitrogens with zero attached hydrogens (tertiary/aromatic N) is 1. The van der Waals surface area contributed by atoms with Gasteiger partial charge >= 0.3 is 0 Å². The molecule has 0 amide bonds. The summed E-state index contributed by atoms with van der Waals surface area (Å²) < 4.78 is 12.9. The Morgan fingerprint density at radius 1 is 1.73 bits per heavy atom. The topological polar surface area (TPSA) is 50.9 Å². The Kier molecular flexibility index (Phi) is 2.51. The highest BCUT2D eigenvalue weighted by atomic mass is 19.1. The summed E-state index contributed by atoms with van der Waals surface area (Å²) in [4.78, 5) is 3.83. The van der Waals surface area contributed by atoms with E-state index in [1.165, 1.54) is 12.3 Å². The number of aromatic nitrogens is 1. The van der Waals surface area contributed by atoms with Crippen molar-refractivity contribution in [1.29, 1.82) is 0 Å². The summed E-state index contributed by atoms with van der Waals surface area (Å²) in [5, 5.41) is 0. The monoisotopic (exact) mass is 155 g/mol. The molecule has 4 heteroatoms. The van der Waals surface area contributed by atoms with E-state index in [1.54, 1.807) is 13.0 Å². The molecule has 0 fully saturated rings. The molecular weight excluding hydrogens is 145 g/mol. The predicted molar refractivity (Wildman–Crippen MR) is 39.9 cm³/mol. The summed E-state index contributed by atoms with van der Waals surface area (Å²) in [5.74, 6) is 4.78. The number of nitrogens with two attached hydrogens (primary N) is 1. The van der Waals surface area contributed by atoms with Gasteiger partial charge in [-0.15, -0.1) is 0 Å². The highest BCUT2D eigenvalue weighted by Gasteiger charge is 2.08. The number of hydrogen-bond acceptors (Lipinski definition) is 3. The zero-order valence-corrected chi connectivity index (χ0v) is 6.21. The second-order valence-electron chi connectivity index (χ2n) is 2.26. The molecule has 1 unspecified atom stereocenters. The molecule has 1 rings (SSSR count). The first kappa shape index (κ1) is 8.10. The minimum Gasteiger partial charge on any atom is -0.271 e. The molecule has 0 aliphatic heterocycles. The zero-order chi connectivity index (χ0) is 8.27. The van der Waals surface area contributed by atoms with Gasteiger partial charge in [-0.25, -0.2) is 4.39 Å². The van der Waals surface area contributed by atoms with E-state index in [1.807, 2.05) is 0 Å². The van der Waals surface area contributed by atoms with E-state index in [0.29, 0.717) is 5.69 Å². The molecule has 0 aromatic carbocycles. The lowest BCUT2D eigenvalue weighted by molar-refractivity contribution is 0.525. The third-order valence-electron chi connectivity index (χ3n) is 1.45. The minimum absolute atomic E-state index is 0.254. The van der Waals surface area contributed by atoms with Gasteiger partial charge in [-0.3, -0.25) is 16.3 Å². The number of nitrogens with one attached hydrogen (secondary N) is 1. The highest BCUT2D eigenvalue weighted by molar-refractivity contribution is 5.10. The van der Waals surface area contributed by atoms with Gasteiger partial charge in [0, 0.05) is 6.20 Å². The van der Waals surface area contributed by atoms with Crippen LogP contribution in [0, 0.1) is 5.82 Å². The first-order chi connectivity index (χ1) is 5.25. The lowest BCUT2D eigenvalue weighted by Gasteiger charge is -2.08. The molecule has 3 N–H and O–H groups in total. The van der Waals surface area contributed by atoms with E-state index < -0.39 is 0 Å². The molecule has 0 aliphatic rings. The van der Waals surface area contributed by atoms with E-state index in [0.717, 1.165) is 0 Å². The molecule has 0 saturated heterocycles. The summed E-state index contributed by atoms with van der Waals surface area (Å²) in [6, 6.07) is 2.65. The third kappa shape index (κ3) is 1.72. The van der Waals surface area contributed by atoms with Crippen LogP contribution in [0.15, 0.2) is 18.3 Å². The molecule has 0 spiro atoms. The molecule has 1 heterocycles. The van der Waals surface area contributed by atoms with Crippen molar-refractivity contribution in [3.05, 3.63) is 29.8 Å². The Balaban J connectivity index is 2.93. The maximum absolute atomic E-state index is 12.9. The van der Waals surface area contributed by atoms with Crippen LogP contribution < -0.4 is 11.3 Å². The van der Waals surface area contributed by atoms with Crippen molar-refractivity contribution < 1.29 is 4.39 Å². The fraction of sp³-hybridized carbons (Fsp3) is 0.286. The van der Waals surface area contributed by atoms with Crippen LogP contribution in [0.1, 0.15) is 18.7 Å². The van der Waals surface area contributed by atoms with Gasteiger partial charge in [0.25, 0.3) is 0 Å². The Bertz CT molecular complexity index is 239. The van der Waals surface area contributed by atoms with Gasteiger partial charge in [-0.05, 0) is 19.1 Å². The van der Waals surface area contributed by atoms with E-state index in [9.17, 15) is 4.39 Å². The zero-order valence-electron chi connectivity index (χ0n) is 6.21. The van der Waals surface area contributed by atoms with Crippen LogP contribution in [0.2, 0.25) is 0 Å². The maximum atomic E-state index is 12.9. The first-order valence-electron chi connectivity index (χ1n) is 3.32. The molecule has 0 aliphatic carbocycles. The molecule has 0 radical (unpaired) electrons. The van der Waals surface area contributed by atoms with Crippen LogP contribution in [-0.2, 0) is 0 Å². The first-order valence-corrected chi connectivity index (χ1v) is 3.32. The van der Waals surface area contributed by atoms with Crippen LogP contribution in [0.3, 0.4) is 0 Å². The molecule has 1 aromatic heterocycles. The van der Waals surface area contributed by atoms with E-state index in [4.69, 9.17) is 5.84 Å². The largest absolute Gasteiger partial charge is 0.271 e. The van der Waals surface area contributed by atoms with Gasteiger partial charge in [-0.1, -0.05) is 0 Å². The molecule has 60 valence electrons. The Hall–Kier alpha value is -1.00. The third-order valence-corrected chi connectivity index (χ3v) is 1.45. The lowest BCUT2D eigenvalue weighted by atomic mass is 10.2. The maximum Gasteiger partial charge on any atom is 0.146 e. The second kappa shape index (κ2) is 3.41.